The van der Waals surface area contributed by atoms with E-state index in [9.17, 15) is 0 Å². The summed E-state index contributed by atoms with van der Waals surface area (Å²) >= 11 is 3.84. The van der Waals surface area contributed by atoms with E-state index in [1.54, 1.807) is 0 Å². The zero-order valence-corrected chi connectivity index (χ0v) is 9.98. The first-order chi connectivity index (χ1) is 5.95. The predicted molar refractivity (Wildman–Crippen MR) is 60.5 cm³/mol. The fraction of sp³-hybridized carbons (Fsp3) is 0.500. The van der Waals surface area contributed by atoms with E-state index >= 15 is 0 Å². The summed E-state index contributed by atoms with van der Waals surface area (Å²) in [6.07, 6.45) is 1.14. The molecule has 0 nitrogen and oxygen atoms in total. The molecule has 1 aliphatic carbocycles. The molecule has 0 heterocycles. The first-order valence-corrected chi connectivity index (χ1v) is 5.52. The smallest absolute Gasteiger partial charge is 0.0361 e. The quantitative estimate of drug-likeness (QED) is 0.606. The molecule has 0 saturated carbocycles. The number of alkyl halides is 1. The van der Waals surface area contributed by atoms with Crippen LogP contribution in [-0.2, 0) is 11.8 Å². The third-order valence-corrected chi connectivity index (χ3v) is 4.79. The fourth-order valence-electron chi connectivity index (χ4n) is 2.14. The van der Waals surface area contributed by atoms with Crippen LogP contribution in [-0.4, -0.2) is 4.32 Å². The van der Waals surface area contributed by atoms with E-state index in [0.717, 1.165) is 6.42 Å². The average molecular weight is 239 g/mol. The lowest BCUT2D eigenvalue weighted by Gasteiger charge is -2.33. The van der Waals surface area contributed by atoms with Crippen LogP contribution >= 0.6 is 15.9 Å². The third kappa shape index (κ3) is 1.17. The van der Waals surface area contributed by atoms with Gasteiger partial charge in [0, 0.05) is 9.74 Å². The van der Waals surface area contributed by atoms with Crippen LogP contribution in [0.5, 0.6) is 0 Å². The average Bonchev–Trinajstić information content (AvgIpc) is 2.20. The number of halogens is 1. The minimum atomic E-state index is 0.212. The van der Waals surface area contributed by atoms with Crippen LogP contribution in [0.15, 0.2) is 24.3 Å². The number of hydrogen-bond donors (Lipinski definition) is 0. The zero-order valence-electron chi connectivity index (χ0n) is 8.39. The van der Waals surface area contributed by atoms with Crippen molar-refractivity contribution in [2.75, 3.05) is 0 Å². The molecule has 1 heteroatoms. The maximum atomic E-state index is 3.84. The van der Waals surface area contributed by atoms with Gasteiger partial charge in [0.1, 0.15) is 0 Å². The van der Waals surface area contributed by atoms with Crippen molar-refractivity contribution in [3.63, 3.8) is 0 Å². The molecule has 0 spiro atoms. The summed E-state index contributed by atoms with van der Waals surface area (Å²) in [5.41, 5.74) is 3.23. The predicted octanol–water partition coefficient (Wildman–Crippen LogP) is 3.67. The highest BCUT2D eigenvalue weighted by atomic mass is 79.9. The van der Waals surface area contributed by atoms with Crippen molar-refractivity contribution in [2.45, 2.75) is 36.9 Å². The van der Waals surface area contributed by atoms with E-state index in [2.05, 4.69) is 61.0 Å². The molecule has 0 saturated heterocycles. The molecular formula is C12H15Br. The van der Waals surface area contributed by atoms with E-state index in [4.69, 9.17) is 0 Å². The molecule has 1 atom stereocenters. The topological polar surface area (TPSA) is 0 Å². The Morgan fingerprint density at radius 3 is 2.38 bits per heavy atom. The van der Waals surface area contributed by atoms with Gasteiger partial charge < -0.3 is 0 Å². The molecule has 2 rings (SSSR count). The summed E-state index contributed by atoms with van der Waals surface area (Å²) in [7, 11) is 0. The van der Waals surface area contributed by atoms with Gasteiger partial charge in [-0.3, -0.25) is 0 Å². The van der Waals surface area contributed by atoms with Crippen LogP contribution in [0.1, 0.15) is 31.9 Å². The molecule has 1 aliphatic rings. The Bertz CT molecular complexity index is 337. The van der Waals surface area contributed by atoms with E-state index in [1.165, 1.54) is 11.1 Å². The Kier molecular flexibility index (Phi) is 1.85. The molecule has 0 fully saturated rings. The molecule has 0 N–H and O–H groups in total. The normalized spacial score (nSPS) is 30.2. The van der Waals surface area contributed by atoms with E-state index in [0.29, 0.717) is 0 Å². The molecule has 1 aromatic rings. The Labute approximate surface area is 88.5 Å². The molecule has 1 aromatic carbocycles. The molecule has 1 unspecified atom stereocenters. The Balaban J connectivity index is 2.60. The van der Waals surface area contributed by atoms with Crippen molar-refractivity contribution in [3.05, 3.63) is 35.4 Å². The van der Waals surface area contributed by atoms with E-state index < -0.39 is 0 Å². The van der Waals surface area contributed by atoms with Gasteiger partial charge in [0.15, 0.2) is 0 Å². The lowest BCUT2D eigenvalue weighted by molar-refractivity contribution is 0.431. The van der Waals surface area contributed by atoms with Crippen molar-refractivity contribution in [1.82, 2.24) is 0 Å². The second-order valence-electron chi connectivity index (χ2n) is 4.66. The van der Waals surface area contributed by atoms with Gasteiger partial charge in [0.2, 0.25) is 0 Å². The van der Waals surface area contributed by atoms with Gasteiger partial charge in [-0.15, -0.1) is 0 Å². The number of hydrogen-bond acceptors (Lipinski definition) is 0. The van der Waals surface area contributed by atoms with Crippen molar-refractivity contribution in [1.29, 1.82) is 0 Å². The lowest BCUT2D eigenvalue weighted by Crippen LogP contribution is -2.35. The fourth-order valence-corrected chi connectivity index (χ4v) is 2.66. The summed E-state index contributed by atoms with van der Waals surface area (Å²) < 4.78 is 0.212. The van der Waals surface area contributed by atoms with Crippen LogP contribution < -0.4 is 0 Å². The molecule has 0 amide bonds. The molecule has 0 aromatic heterocycles. The maximum Gasteiger partial charge on any atom is 0.0361 e. The van der Waals surface area contributed by atoms with E-state index in [-0.39, 0.29) is 9.74 Å². The van der Waals surface area contributed by atoms with Crippen LogP contribution in [0.3, 0.4) is 0 Å². The highest BCUT2D eigenvalue weighted by molar-refractivity contribution is 9.10. The summed E-state index contributed by atoms with van der Waals surface area (Å²) in [6, 6.07) is 8.75. The van der Waals surface area contributed by atoms with E-state index in [1.807, 2.05) is 0 Å². The highest BCUT2D eigenvalue weighted by Crippen LogP contribution is 2.50. The standard InChI is InChI=1S/C12H15Br/c1-11(2)10-7-5-4-6-9(10)8-12(11,3)13/h4-7H,8H2,1-3H3. The minimum absolute atomic E-state index is 0.212. The van der Waals surface area contributed by atoms with Crippen LogP contribution in [0.2, 0.25) is 0 Å². The van der Waals surface area contributed by atoms with Gasteiger partial charge in [-0.2, -0.15) is 0 Å². The lowest BCUT2D eigenvalue weighted by atomic mass is 9.79. The van der Waals surface area contributed by atoms with Gasteiger partial charge in [-0.05, 0) is 24.5 Å². The third-order valence-electron chi connectivity index (χ3n) is 3.52. The first-order valence-electron chi connectivity index (χ1n) is 4.72. The maximum absolute atomic E-state index is 3.84. The summed E-state index contributed by atoms with van der Waals surface area (Å²) in [5, 5.41) is 0. The van der Waals surface area contributed by atoms with Crippen molar-refractivity contribution < 1.29 is 0 Å². The summed E-state index contributed by atoms with van der Waals surface area (Å²) in [5.74, 6) is 0. The molecule has 13 heavy (non-hydrogen) atoms. The van der Waals surface area contributed by atoms with Crippen LogP contribution in [0.4, 0.5) is 0 Å². The highest BCUT2D eigenvalue weighted by Gasteiger charge is 2.46. The monoisotopic (exact) mass is 238 g/mol. The molecular weight excluding hydrogens is 224 g/mol. The number of rotatable bonds is 0. The minimum Gasteiger partial charge on any atom is -0.0843 e. The second-order valence-corrected chi connectivity index (χ2v) is 6.41. The van der Waals surface area contributed by atoms with Gasteiger partial charge in [0.25, 0.3) is 0 Å². The zero-order chi connectivity index (χ0) is 9.69. The Morgan fingerprint density at radius 2 is 1.77 bits per heavy atom. The largest absolute Gasteiger partial charge is 0.0843 e. The summed E-state index contributed by atoms with van der Waals surface area (Å²) in [6.45, 7) is 6.91. The second kappa shape index (κ2) is 2.60. The van der Waals surface area contributed by atoms with Crippen LogP contribution in [0, 0.1) is 0 Å². The van der Waals surface area contributed by atoms with Crippen molar-refractivity contribution >= 4 is 15.9 Å². The summed E-state index contributed by atoms with van der Waals surface area (Å²) in [4.78, 5) is 0. The molecule has 0 radical (unpaired) electrons. The van der Waals surface area contributed by atoms with Gasteiger partial charge in [0.05, 0.1) is 0 Å². The van der Waals surface area contributed by atoms with Crippen LogP contribution in [0.25, 0.3) is 0 Å². The Morgan fingerprint density at radius 1 is 1.15 bits per heavy atom. The molecule has 70 valence electrons. The first kappa shape index (κ1) is 9.26. The van der Waals surface area contributed by atoms with Crippen molar-refractivity contribution in [3.8, 4) is 0 Å². The number of benzene rings is 1. The molecule has 0 aliphatic heterocycles. The van der Waals surface area contributed by atoms with Crippen molar-refractivity contribution in [2.24, 2.45) is 0 Å². The van der Waals surface area contributed by atoms with Gasteiger partial charge >= 0.3 is 0 Å². The number of fused-ring (bicyclic) bond motifs is 1. The Hall–Kier alpha value is -0.300. The SMILES string of the molecule is CC1(Br)Cc2ccccc2C1(C)C. The van der Waals surface area contributed by atoms with Gasteiger partial charge in [-0.25, -0.2) is 0 Å². The molecule has 0 bridgehead atoms. The van der Waals surface area contributed by atoms with Gasteiger partial charge in [-0.1, -0.05) is 54.0 Å².